The molecule has 29 heavy (non-hydrogen) atoms. The zero-order valence-corrected chi connectivity index (χ0v) is 16.9. The molecule has 2 aromatic rings. The van der Waals surface area contributed by atoms with E-state index in [9.17, 15) is 18.3 Å². The van der Waals surface area contributed by atoms with Gasteiger partial charge < -0.3 is 5.11 Å². The molecule has 1 fully saturated rings. The Morgan fingerprint density at radius 1 is 1.31 bits per heavy atom. The molecule has 2 aliphatic heterocycles. The Morgan fingerprint density at radius 3 is 2.69 bits per heavy atom. The maximum Gasteiger partial charge on any atom is 0.326 e. The molecule has 0 aliphatic carbocycles. The fraction of sp³-hybridized carbons (Fsp3) is 0.444. The molecule has 0 unspecified atom stereocenters. The molecular formula is C18H22FN5O4S. The smallest absolute Gasteiger partial charge is 0.326 e. The number of aromatic hydroxyl groups is 1. The number of nitrogens with zero attached hydrogens (tertiary/aromatic N) is 3. The van der Waals surface area contributed by atoms with Crippen molar-refractivity contribution in [2.75, 3.05) is 23.9 Å². The number of anilines is 1. The van der Waals surface area contributed by atoms with Gasteiger partial charge in [-0.1, -0.05) is 0 Å². The topological polar surface area (TPSA) is 119 Å². The average molecular weight is 423 g/mol. The molecule has 0 saturated carbocycles. The first-order valence-corrected chi connectivity index (χ1v) is 10.7. The Labute approximate surface area is 167 Å². The Hall–Kier alpha value is -2.66. The lowest BCUT2D eigenvalue weighted by molar-refractivity contribution is -0.117. The minimum absolute atomic E-state index is 0.291. The third-order valence-electron chi connectivity index (χ3n) is 5.52. The van der Waals surface area contributed by atoms with E-state index in [-0.39, 0.29) is 0 Å². The molecule has 3 heterocycles. The van der Waals surface area contributed by atoms with Crippen LogP contribution in [0.5, 0.6) is 5.75 Å². The van der Waals surface area contributed by atoms with Crippen LogP contribution in [0.1, 0.15) is 28.1 Å². The summed E-state index contributed by atoms with van der Waals surface area (Å²) in [7, 11) is -4.21. The number of benzene rings is 1. The van der Waals surface area contributed by atoms with Crippen molar-refractivity contribution in [2.45, 2.75) is 33.2 Å². The lowest BCUT2D eigenvalue weighted by Gasteiger charge is -2.30. The summed E-state index contributed by atoms with van der Waals surface area (Å²) in [5.41, 5.74) is 3.59. The van der Waals surface area contributed by atoms with Gasteiger partial charge in [0.05, 0.1) is 5.69 Å². The monoisotopic (exact) mass is 423 g/mol. The van der Waals surface area contributed by atoms with Crippen LogP contribution in [0.3, 0.4) is 0 Å². The van der Waals surface area contributed by atoms with Gasteiger partial charge in [-0.25, -0.2) is 13.4 Å². The minimum atomic E-state index is -4.21. The highest BCUT2D eigenvalue weighted by Crippen LogP contribution is 2.39. The Balaban J connectivity index is 1.60. The summed E-state index contributed by atoms with van der Waals surface area (Å²) in [6.07, 6.45) is 1.29. The van der Waals surface area contributed by atoms with Crippen molar-refractivity contribution in [2.24, 2.45) is 0 Å². The number of nitrogens with one attached hydrogen (secondary N) is 2. The summed E-state index contributed by atoms with van der Waals surface area (Å²) in [6.45, 7) is 5.02. The average Bonchev–Trinajstić information content (AvgIpc) is 3.10. The number of rotatable bonds is 4. The quantitative estimate of drug-likeness (QED) is 0.665. The second kappa shape index (κ2) is 6.99. The fourth-order valence-corrected chi connectivity index (χ4v) is 5.14. The van der Waals surface area contributed by atoms with E-state index in [1.165, 1.54) is 6.07 Å². The van der Waals surface area contributed by atoms with Crippen LogP contribution < -0.4 is 9.03 Å². The number of amides is 1. The van der Waals surface area contributed by atoms with Gasteiger partial charge in [-0.3, -0.25) is 14.8 Å². The highest BCUT2D eigenvalue weighted by molar-refractivity contribution is 7.92. The van der Waals surface area contributed by atoms with Gasteiger partial charge in [0.25, 0.3) is 5.91 Å². The number of aromatic nitrogens is 2. The van der Waals surface area contributed by atoms with Crippen molar-refractivity contribution in [1.29, 1.82) is 0 Å². The Bertz CT molecular complexity index is 1080. The van der Waals surface area contributed by atoms with E-state index in [2.05, 4.69) is 15.1 Å². The Kier molecular flexibility index (Phi) is 4.74. The highest BCUT2D eigenvalue weighted by Gasteiger charge is 2.39. The SMILES string of the molecule is Cc1n[nH]c(C)c1CCN1CCc2cc(O)c(N3CC(=O)NS3(=O)=O)c(F)c2C1. The van der Waals surface area contributed by atoms with Crippen LogP contribution in [0.2, 0.25) is 0 Å². The second-order valence-electron chi connectivity index (χ2n) is 7.42. The number of aromatic amines is 1. The molecule has 3 N–H and O–H groups in total. The van der Waals surface area contributed by atoms with E-state index in [0.29, 0.717) is 41.5 Å². The van der Waals surface area contributed by atoms with Gasteiger partial charge in [0.2, 0.25) is 0 Å². The van der Waals surface area contributed by atoms with Gasteiger partial charge in [-0.05, 0) is 43.9 Å². The zero-order chi connectivity index (χ0) is 20.9. The van der Waals surface area contributed by atoms with Gasteiger partial charge in [-0.2, -0.15) is 13.5 Å². The first-order chi connectivity index (χ1) is 13.7. The summed E-state index contributed by atoms with van der Waals surface area (Å²) in [4.78, 5) is 13.6. The van der Waals surface area contributed by atoms with E-state index in [0.717, 1.165) is 23.4 Å². The minimum Gasteiger partial charge on any atom is -0.506 e. The van der Waals surface area contributed by atoms with E-state index in [4.69, 9.17) is 0 Å². The van der Waals surface area contributed by atoms with E-state index in [1.54, 1.807) is 4.72 Å². The van der Waals surface area contributed by atoms with Crippen molar-refractivity contribution >= 4 is 21.8 Å². The number of halogens is 1. The molecule has 1 aromatic heterocycles. The molecule has 1 amide bonds. The van der Waals surface area contributed by atoms with Crippen molar-refractivity contribution in [3.63, 3.8) is 0 Å². The number of phenolic OH excluding ortho intramolecular Hbond substituents is 1. The van der Waals surface area contributed by atoms with Crippen LogP contribution in [-0.2, 0) is 34.4 Å². The van der Waals surface area contributed by atoms with Gasteiger partial charge in [0, 0.05) is 30.9 Å². The number of hydrogen-bond acceptors (Lipinski definition) is 6. The molecule has 9 nitrogen and oxygen atoms in total. The first-order valence-electron chi connectivity index (χ1n) is 9.26. The van der Waals surface area contributed by atoms with Crippen LogP contribution in [0.25, 0.3) is 0 Å². The Morgan fingerprint density at radius 2 is 2.07 bits per heavy atom. The summed E-state index contributed by atoms with van der Waals surface area (Å²) in [5, 5.41) is 17.4. The zero-order valence-electron chi connectivity index (χ0n) is 16.1. The van der Waals surface area contributed by atoms with Crippen LogP contribution in [0.4, 0.5) is 10.1 Å². The van der Waals surface area contributed by atoms with Crippen molar-refractivity contribution in [3.05, 3.63) is 40.0 Å². The normalized spacial score (nSPS) is 18.7. The summed E-state index contributed by atoms with van der Waals surface area (Å²) < 4.78 is 41.9. The second-order valence-corrected chi connectivity index (χ2v) is 9.02. The van der Waals surface area contributed by atoms with Crippen LogP contribution >= 0.6 is 0 Å². The molecular weight excluding hydrogens is 401 g/mol. The third kappa shape index (κ3) is 3.44. The maximum atomic E-state index is 15.3. The predicted molar refractivity (Wildman–Crippen MR) is 103 cm³/mol. The van der Waals surface area contributed by atoms with Crippen LogP contribution in [0.15, 0.2) is 6.07 Å². The van der Waals surface area contributed by atoms with Gasteiger partial charge in [-0.15, -0.1) is 0 Å². The molecule has 1 aromatic carbocycles. The largest absolute Gasteiger partial charge is 0.506 e. The molecule has 0 atom stereocenters. The molecule has 4 rings (SSSR count). The molecule has 0 spiro atoms. The van der Waals surface area contributed by atoms with Gasteiger partial charge in [0.15, 0.2) is 5.82 Å². The van der Waals surface area contributed by atoms with Crippen molar-refractivity contribution in [3.8, 4) is 5.75 Å². The maximum absolute atomic E-state index is 15.3. The number of fused-ring (bicyclic) bond motifs is 1. The number of H-pyrrole nitrogens is 1. The standard InChI is InChI=1S/C18H22FN5O4S/c1-10-13(11(2)21-20-10)4-6-23-5-3-12-7-15(25)18(17(19)14(12)8-23)24-9-16(26)22-29(24,27)28/h7,25H,3-6,8-9H2,1-2H3,(H,20,21)(H,22,26). The van der Waals surface area contributed by atoms with Crippen molar-refractivity contribution in [1.82, 2.24) is 19.8 Å². The highest BCUT2D eigenvalue weighted by atomic mass is 32.2. The third-order valence-corrected chi connectivity index (χ3v) is 6.90. The number of carbonyl (C=O) groups excluding carboxylic acids is 1. The number of carbonyl (C=O) groups is 1. The lowest BCUT2D eigenvalue weighted by atomic mass is 9.97. The van der Waals surface area contributed by atoms with E-state index in [1.807, 2.05) is 13.8 Å². The molecule has 1 saturated heterocycles. The summed E-state index contributed by atoms with van der Waals surface area (Å²) in [5.74, 6) is -2.06. The molecule has 0 bridgehead atoms. The molecule has 11 heteroatoms. The molecule has 0 radical (unpaired) electrons. The molecule has 2 aliphatic rings. The van der Waals surface area contributed by atoms with E-state index >= 15 is 4.39 Å². The summed E-state index contributed by atoms with van der Waals surface area (Å²) >= 11 is 0. The predicted octanol–water partition coefficient (Wildman–Crippen LogP) is 0.653. The lowest BCUT2D eigenvalue weighted by Crippen LogP contribution is -2.34. The van der Waals surface area contributed by atoms with Crippen LogP contribution in [0, 0.1) is 19.7 Å². The number of aryl methyl sites for hydroxylation is 2. The van der Waals surface area contributed by atoms with E-state index < -0.39 is 39.9 Å². The van der Waals surface area contributed by atoms with Gasteiger partial charge >= 0.3 is 10.2 Å². The molecule has 156 valence electrons. The first kappa shape index (κ1) is 19.6. The van der Waals surface area contributed by atoms with Gasteiger partial charge in [0.1, 0.15) is 18.0 Å². The number of phenols is 1. The van der Waals surface area contributed by atoms with Crippen molar-refractivity contribution < 1.29 is 22.7 Å². The fourth-order valence-electron chi connectivity index (χ4n) is 3.98. The number of hydrogen-bond donors (Lipinski definition) is 3. The summed E-state index contributed by atoms with van der Waals surface area (Å²) in [6, 6.07) is 1.40. The van der Waals surface area contributed by atoms with Crippen LogP contribution in [-0.4, -0.2) is 54.2 Å².